The Hall–Kier alpha value is -1.59. The van der Waals surface area contributed by atoms with E-state index in [2.05, 4.69) is 28.6 Å². The van der Waals surface area contributed by atoms with Crippen LogP contribution in [-0.4, -0.2) is 42.3 Å². The molecule has 2 rings (SSSR count). The summed E-state index contributed by atoms with van der Waals surface area (Å²) in [6.45, 7) is 1.04. The molecule has 5 heteroatoms. The van der Waals surface area contributed by atoms with Gasteiger partial charge in [0.15, 0.2) is 0 Å². The summed E-state index contributed by atoms with van der Waals surface area (Å²) in [5, 5.41) is 14.2. The van der Waals surface area contributed by atoms with Crippen LogP contribution in [0.5, 0.6) is 0 Å². The number of carbonyl (C=O) groups excluding carboxylic acids is 1. The molecule has 5 nitrogen and oxygen atoms in total. The SMILES string of the molecule is CN(Cc1ccccc1NC(=O)NCCO)C1CCCCC1. The maximum atomic E-state index is 11.8. The number of amides is 2. The van der Waals surface area contributed by atoms with Gasteiger partial charge in [-0.1, -0.05) is 37.5 Å². The number of hydrogen-bond donors (Lipinski definition) is 3. The van der Waals surface area contributed by atoms with E-state index in [-0.39, 0.29) is 19.2 Å². The first-order valence-electron chi connectivity index (χ1n) is 8.14. The van der Waals surface area contributed by atoms with Crippen LogP contribution in [0.3, 0.4) is 0 Å². The highest BCUT2D eigenvalue weighted by Gasteiger charge is 2.19. The van der Waals surface area contributed by atoms with E-state index in [4.69, 9.17) is 5.11 Å². The molecule has 1 aromatic rings. The minimum atomic E-state index is -0.276. The first-order chi connectivity index (χ1) is 10.7. The molecule has 0 unspecified atom stereocenters. The number of aliphatic hydroxyl groups excluding tert-OH is 1. The standard InChI is InChI=1S/C17H27N3O2/c1-20(15-8-3-2-4-9-15)13-14-7-5-6-10-16(14)19-17(22)18-11-12-21/h5-7,10,15,21H,2-4,8-9,11-13H2,1H3,(H2,18,19,22). The van der Waals surface area contributed by atoms with E-state index in [1.807, 2.05) is 18.2 Å². The summed E-state index contributed by atoms with van der Waals surface area (Å²) in [7, 11) is 2.17. The maximum Gasteiger partial charge on any atom is 0.319 e. The second-order valence-corrected chi connectivity index (χ2v) is 5.97. The number of nitrogens with zero attached hydrogens (tertiary/aromatic N) is 1. The number of carbonyl (C=O) groups is 1. The number of hydrogen-bond acceptors (Lipinski definition) is 3. The lowest BCUT2D eigenvalue weighted by Crippen LogP contribution is -2.34. The van der Waals surface area contributed by atoms with Crippen LogP contribution in [-0.2, 0) is 6.54 Å². The van der Waals surface area contributed by atoms with E-state index in [1.54, 1.807) is 0 Å². The predicted molar refractivity (Wildman–Crippen MR) is 88.9 cm³/mol. The van der Waals surface area contributed by atoms with Crippen LogP contribution in [0, 0.1) is 0 Å². The first kappa shape index (κ1) is 16.8. The molecule has 1 aliphatic rings. The van der Waals surface area contributed by atoms with Crippen molar-refractivity contribution in [2.75, 3.05) is 25.5 Å². The molecule has 1 fully saturated rings. The molecule has 0 bridgehead atoms. The van der Waals surface area contributed by atoms with Crippen molar-refractivity contribution < 1.29 is 9.90 Å². The highest BCUT2D eigenvalue weighted by molar-refractivity contribution is 5.90. The summed E-state index contributed by atoms with van der Waals surface area (Å²) in [6, 6.07) is 8.27. The average Bonchev–Trinajstić information content (AvgIpc) is 2.55. The van der Waals surface area contributed by atoms with E-state index in [1.165, 1.54) is 32.1 Å². The zero-order valence-electron chi connectivity index (χ0n) is 13.3. The van der Waals surface area contributed by atoms with Gasteiger partial charge in [0.25, 0.3) is 0 Å². The maximum absolute atomic E-state index is 11.8. The first-order valence-corrected chi connectivity index (χ1v) is 8.14. The Morgan fingerprint density at radius 3 is 2.73 bits per heavy atom. The van der Waals surface area contributed by atoms with Crippen LogP contribution < -0.4 is 10.6 Å². The van der Waals surface area contributed by atoms with E-state index in [0.717, 1.165) is 17.8 Å². The molecule has 1 saturated carbocycles. The Morgan fingerprint density at radius 2 is 2.00 bits per heavy atom. The summed E-state index contributed by atoms with van der Waals surface area (Å²) in [4.78, 5) is 14.2. The molecule has 1 aromatic carbocycles. The van der Waals surface area contributed by atoms with Gasteiger partial charge in [-0.2, -0.15) is 0 Å². The fraction of sp³-hybridized carbons (Fsp3) is 0.588. The number of urea groups is 1. The monoisotopic (exact) mass is 305 g/mol. The Morgan fingerprint density at radius 1 is 1.27 bits per heavy atom. The van der Waals surface area contributed by atoms with Gasteiger partial charge >= 0.3 is 6.03 Å². The van der Waals surface area contributed by atoms with E-state index in [0.29, 0.717) is 6.04 Å². The molecule has 122 valence electrons. The predicted octanol–water partition coefficient (Wildman–Crippen LogP) is 2.56. The number of nitrogens with one attached hydrogen (secondary N) is 2. The molecule has 2 amide bonds. The summed E-state index contributed by atoms with van der Waals surface area (Å²) in [5.74, 6) is 0. The van der Waals surface area contributed by atoms with Gasteiger partial charge in [0.05, 0.1) is 6.61 Å². The molecular weight excluding hydrogens is 278 g/mol. The minimum absolute atomic E-state index is 0.0561. The van der Waals surface area contributed by atoms with Gasteiger partial charge in [0.2, 0.25) is 0 Å². The number of aliphatic hydroxyl groups is 1. The minimum Gasteiger partial charge on any atom is -0.395 e. The number of rotatable bonds is 6. The smallest absolute Gasteiger partial charge is 0.319 e. The van der Waals surface area contributed by atoms with Gasteiger partial charge in [0.1, 0.15) is 0 Å². The second-order valence-electron chi connectivity index (χ2n) is 5.97. The van der Waals surface area contributed by atoms with Gasteiger partial charge in [-0.15, -0.1) is 0 Å². The normalized spacial score (nSPS) is 15.8. The fourth-order valence-electron chi connectivity index (χ4n) is 3.04. The summed E-state index contributed by atoms with van der Waals surface area (Å²) in [5.41, 5.74) is 1.95. The lowest BCUT2D eigenvalue weighted by Gasteiger charge is -2.31. The molecule has 0 aromatic heterocycles. The van der Waals surface area contributed by atoms with Gasteiger partial charge in [-0.05, 0) is 31.5 Å². The molecule has 0 spiro atoms. The van der Waals surface area contributed by atoms with Crippen molar-refractivity contribution in [2.24, 2.45) is 0 Å². The lowest BCUT2D eigenvalue weighted by atomic mass is 9.94. The molecule has 0 saturated heterocycles. The summed E-state index contributed by atoms with van der Waals surface area (Å²) < 4.78 is 0. The van der Waals surface area contributed by atoms with Crippen LogP contribution >= 0.6 is 0 Å². The zero-order chi connectivity index (χ0) is 15.8. The zero-order valence-corrected chi connectivity index (χ0v) is 13.3. The molecule has 0 heterocycles. The van der Waals surface area contributed by atoms with Crippen LogP contribution in [0.15, 0.2) is 24.3 Å². The van der Waals surface area contributed by atoms with Crippen molar-refractivity contribution in [3.05, 3.63) is 29.8 Å². The van der Waals surface area contributed by atoms with Crippen molar-refractivity contribution >= 4 is 11.7 Å². The van der Waals surface area contributed by atoms with Gasteiger partial charge < -0.3 is 15.7 Å². The second kappa shape index (κ2) is 8.76. The molecule has 3 N–H and O–H groups in total. The van der Waals surface area contributed by atoms with Crippen LogP contribution in [0.25, 0.3) is 0 Å². The van der Waals surface area contributed by atoms with Gasteiger partial charge in [-0.25, -0.2) is 4.79 Å². The highest BCUT2D eigenvalue weighted by atomic mass is 16.3. The van der Waals surface area contributed by atoms with Crippen LogP contribution in [0.4, 0.5) is 10.5 Å². The largest absolute Gasteiger partial charge is 0.395 e. The Labute approximate surface area is 132 Å². The van der Waals surface area contributed by atoms with E-state index >= 15 is 0 Å². The number of benzene rings is 1. The van der Waals surface area contributed by atoms with Crippen molar-refractivity contribution in [3.8, 4) is 0 Å². The topological polar surface area (TPSA) is 64.6 Å². The Balaban J connectivity index is 1.96. The van der Waals surface area contributed by atoms with Crippen molar-refractivity contribution in [3.63, 3.8) is 0 Å². The Kier molecular flexibility index (Phi) is 6.68. The Bertz CT molecular complexity index is 473. The van der Waals surface area contributed by atoms with E-state index in [9.17, 15) is 4.79 Å². The van der Waals surface area contributed by atoms with Gasteiger partial charge in [-0.3, -0.25) is 4.90 Å². The average molecular weight is 305 g/mol. The molecule has 0 radical (unpaired) electrons. The lowest BCUT2D eigenvalue weighted by molar-refractivity contribution is 0.185. The third kappa shape index (κ3) is 5.00. The fourth-order valence-corrected chi connectivity index (χ4v) is 3.04. The third-order valence-electron chi connectivity index (χ3n) is 4.28. The highest BCUT2D eigenvalue weighted by Crippen LogP contribution is 2.24. The molecule has 0 aliphatic heterocycles. The molecule has 1 aliphatic carbocycles. The molecule has 22 heavy (non-hydrogen) atoms. The van der Waals surface area contributed by atoms with Gasteiger partial charge in [0, 0.05) is 24.8 Å². The summed E-state index contributed by atoms with van der Waals surface area (Å²) >= 11 is 0. The van der Waals surface area contributed by atoms with E-state index < -0.39 is 0 Å². The van der Waals surface area contributed by atoms with Crippen molar-refractivity contribution in [1.29, 1.82) is 0 Å². The molecular formula is C17H27N3O2. The number of para-hydroxylation sites is 1. The number of anilines is 1. The van der Waals surface area contributed by atoms with Crippen molar-refractivity contribution in [1.82, 2.24) is 10.2 Å². The quantitative estimate of drug-likeness (QED) is 0.757. The summed E-state index contributed by atoms with van der Waals surface area (Å²) in [6.07, 6.45) is 6.52. The van der Waals surface area contributed by atoms with Crippen molar-refractivity contribution in [2.45, 2.75) is 44.7 Å². The third-order valence-corrected chi connectivity index (χ3v) is 4.28. The van der Waals surface area contributed by atoms with Crippen LogP contribution in [0.1, 0.15) is 37.7 Å². The molecule has 0 atom stereocenters. The van der Waals surface area contributed by atoms with Crippen LogP contribution in [0.2, 0.25) is 0 Å².